The van der Waals surface area contributed by atoms with Crippen LogP contribution in [-0.4, -0.2) is 4.92 Å². The maximum Gasteiger partial charge on any atom is 0.277 e. The first-order valence-electron chi connectivity index (χ1n) is 41.0. The van der Waals surface area contributed by atoms with Crippen molar-refractivity contribution in [3.05, 3.63) is 434 Å². The van der Waals surface area contributed by atoms with Gasteiger partial charge >= 0.3 is 0 Å². The minimum atomic E-state index is -0.446. The predicted octanol–water partition coefficient (Wildman–Crippen LogP) is 31.2. The van der Waals surface area contributed by atoms with Crippen LogP contribution in [0.5, 0.6) is 0 Å². The number of para-hydroxylation sites is 1. The van der Waals surface area contributed by atoms with E-state index in [4.69, 9.17) is 0 Å². The quantitative estimate of drug-likeness (QED) is 0.0626. The molecule has 0 spiro atoms. The Morgan fingerprint density at radius 3 is 0.975 bits per heavy atom. The van der Waals surface area contributed by atoms with Gasteiger partial charge in [0.1, 0.15) is 0 Å². The summed E-state index contributed by atoms with van der Waals surface area (Å²) in [7, 11) is -0.446. The van der Waals surface area contributed by atoms with Crippen molar-refractivity contribution in [2.45, 2.75) is 13.8 Å². The van der Waals surface area contributed by atoms with Crippen molar-refractivity contribution in [2.75, 3.05) is 0 Å². The molecule has 0 saturated carbocycles. The Morgan fingerprint density at radius 1 is 0.200 bits per heavy atom. The van der Waals surface area contributed by atoms with Crippen LogP contribution in [0.25, 0.3) is 218 Å². The van der Waals surface area contributed by atoms with Crippen molar-refractivity contribution in [2.24, 2.45) is 0 Å². The normalized spacial score (nSPS) is 12.0. The van der Waals surface area contributed by atoms with Crippen LogP contribution in [0.4, 0.5) is 5.69 Å². The molecular formula is C116H74NO2P. The molecule has 560 valence electrons. The van der Waals surface area contributed by atoms with E-state index in [1.807, 2.05) is 12.1 Å². The minimum Gasteiger partial charge on any atom is -0.258 e. The lowest BCUT2D eigenvalue weighted by Crippen LogP contribution is -2.20. The molecule has 25 aromatic rings. The molecule has 4 heteroatoms. The van der Waals surface area contributed by atoms with Crippen LogP contribution >= 0.6 is 7.92 Å². The number of rotatable bonds is 9. The van der Waals surface area contributed by atoms with Crippen LogP contribution in [0.2, 0.25) is 0 Å². The van der Waals surface area contributed by atoms with Crippen molar-refractivity contribution in [1.29, 1.82) is 0 Å². The summed E-state index contributed by atoms with van der Waals surface area (Å²) >= 11 is 0. The summed E-state index contributed by atoms with van der Waals surface area (Å²) in [5, 5.41) is 52.4. The summed E-state index contributed by atoms with van der Waals surface area (Å²) in [5.41, 5.74) is 17.2. The lowest BCUT2D eigenvalue weighted by Gasteiger charge is -2.19. The minimum absolute atomic E-state index is 0. The van der Waals surface area contributed by atoms with E-state index in [1.54, 1.807) is 12.1 Å². The number of fused-ring (bicyclic) bond motifs is 20. The van der Waals surface area contributed by atoms with Crippen molar-refractivity contribution in [3.8, 4) is 66.8 Å². The highest BCUT2D eigenvalue weighted by atomic mass is 31.1. The van der Waals surface area contributed by atoms with Crippen LogP contribution in [-0.2, 0) is 6.42 Å². The molecule has 0 N–H and O–H groups in total. The number of hydrogen-bond acceptors (Lipinski definition) is 2. The average molecular weight is 1540 g/mol. The molecule has 0 saturated heterocycles. The molecule has 26 rings (SSSR count). The number of nitrogens with zero attached hydrogens (tertiary/aromatic N) is 1. The average Bonchev–Trinajstić information content (AvgIpc) is 1.51. The van der Waals surface area contributed by atoms with Gasteiger partial charge in [-0.05, 0) is 278 Å². The molecule has 120 heavy (non-hydrogen) atoms. The van der Waals surface area contributed by atoms with Gasteiger partial charge in [0.25, 0.3) is 5.69 Å². The fraction of sp³-hybridized carbons (Fsp3) is 0.0172. The lowest BCUT2D eigenvalue weighted by molar-refractivity contribution is -0.384. The number of hydrogen-bond donors (Lipinski definition) is 0. The number of benzene rings is 21. The molecule has 25 aromatic carbocycles. The Kier molecular flexibility index (Phi) is 16.5. The first-order chi connectivity index (χ1) is 59.0. The predicted molar refractivity (Wildman–Crippen MR) is 517 cm³/mol. The van der Waals surface area contributed by atoms with E-state index >= 15 is 0 Å². The highest BCUT2D eigenvalue weighted by molar-refractivity contribution is 7.79. The van der Waals surface area contributed by atoms with E-state index in [1.165, 1.54) is 206 Å². The van der Waals surface area contributed by atoms with Crippen molar-refractivity contribution >= 4 is 180 Å². The van der Waals surface area contributed by atoms with Gasteiger partial charge in [0, 0.05) is 6.07 Å². The number of nitro groups is 1. The molecule has 0 radical (unpaired) electrons. The summed E-state index contributed by atoms with van der Waals surface area (Å²) in [6.07, 6.45) is 0.974. The lowest BCUT2D eigenvalue weighted by atomic mass is 9.83. The van der Waals surface area contributed by atoms with Gasteiger partial charge < -0.3 is 0 Å². The smallest absolute Gasteiger partial charge is 0.258 e. The summed E-state index contributed by atoms with van der Waals surface area (Å²) in [5.74, 6) is 0. The Hall–Kier alpha value is -15.0. The maximum absolute atomic E-state index is 12.2. The first-order valence-corrected chi connectivity index (χ1v) is 42.4. The highest BCUT2D eigenvalue weighted by Crippen LogP contribution is 2.59. The van der Waals surface area contributed by atoms with Crippen LogP contribution in [0, 0.1) is 10.1 Å². The van der Waals surface area contributed by atoms with Crippen molar-refractivity contribution < 1.29 is 4.92 Å². The summed E-state index contributed by atoms with van der Waals surface area (Å²) in [6, 6.07) is 149. The Balaban J connectivity index is 0.000000115. The summed E-state index contributed by atoms with van der Waals surface area (Å²) < 4.78 is 0. The highest BCUT2D eigenvalue weighted by Gasteiger charge is 2.32. The largest absolute Gasteiger partial charge is 0.277 e. The molecule has 1 aliphatic carbocycles. The molecule has 0 aromatic heterocycles. The van der Waals surface area contributed by atoms with Gasteiger partial charge in [0.05, 0.1) is 10.5 Å². The molecular weight excluding hydrogens is 1470 g/mol. The molecule has 0 heterocycles. The van der Waals surface area contributed by atoms with E-state index in [2.05, 4.69) is 388 Å². The van der Waals surface area contributed by atoms with Crippen LogP contribution < -0.4 is 15.9 Å². The SMILES string of the molecule is C.O=[N+]([O-])c1ccccc1-c1ccc2c3c(-c4ccccc4)c4c(cc5c6ccccc6c6cccc4c65)c(-c4ccccc4)c3c3cccc1c32.c1ccc(-c2c3cc4c5ccccc5c5cccc(c3c(-c3ccccc3)c3c6cc7c(c8cccc(c23)c86)-c2ccccc2C7)c54)cc1.c1ccc(P(c2ccccc2)c2ccccc2)cc1. The Morgan fingerprint density at radius 2 is 0.517 bits per heavy atom. The van der Waals surface area contributed by atoms with Crippen LogP contribution in [0.1, 0.15) is 18.6 Å². The third kappa shape index (κ3) is 10.6. The van der Waals surface area contributed by atoms with E-state index in [0.717, 1.165) is 39.1 Å². The van der Waals surface area contributed by atoms with E-state index in [0.29, 0.717) is 5.56 Å². The molecule has 3 nitrogen and oxygen atoms in total. The van der Waals surface area contributed by atoms with Crippen molar-refractivity contribution in [1.82, 2.24) is 0 Å². The molecule has 0 amide bonds. The second-order valence-corrected chi connectivity index (χ2v) is 34.0. The maximum atomic E-state index is 12.2. The first kappa shape index (κ1) is 70.4. The van der Waals surface area contributed by atoms with E-state index in [9.17, 15) is 10.1 Å². The monoisotopic (exact) mass is 1540 g/mol. The van der Waals surface area contributed by atoms with Crippen molar-refractivity contribution in [3.63, 3.8) is 0 Å². The van der Waals surface area contributed by atoms with Gasteiger partial charge in [0.15, 0.2) is 0 Å². The van der Waals surface area contributed by atoms with Crippen LogP contribution in [0.3, 0.4) is 0 Å². The zero-order valence-corrected chi connectivity index (χ0v) is 65.6. The third-order valence-corrected chi connectivity index (χ3v) is 28.0. The van der Waals surface area contributed by atoms with Crippen LogP contribution in [0.15, 0.2) is 413 Å². The molecule has 1 aliphatic rings. The Bertz CT molecular complexity index is 8270. The molecule has 0 unspecified atom stereocenters. The zero-order valence-electron chi connectivity index (χ0n) is 64.7. The fourth-order valence-electron chi connectivity index (χ4n) is 21.0. The van der Waals surface area contributed by atoms with Gasteiger partial charge in [-0.2, -0.15) is 0 Å². The van der Waals surface area contributed by atoms with E-state index in [-0.39, 0.29) is 18.0 Å². The topological polar surface area (TPSA) is 43.1 Å². The molecule has 0 fully saturated rings. The molecule has 0 bridgehead atoms. The van der Waals surface area contributed by atoms with Gasteiger partial charge in [0.2, 0.25) is 0 Å². The second kappa shape index (κ2) is 28.1. The second-order valence-electron chi connectivity index (χ2n) is 31.7. The standard InChI is InChI=1S/C49H28.C48H27NO2.C18H15P.CH4/c1-3-13-28(14-4-1)43-41-27-39-34-20-10-9-19-33(34)35-21-11-23-37(45(35)39)47(41)44(29-15-5-2-6-16-29)49-40-26-31-25-30-17-7-8-18-32(30)42(31)36-22-12-24-38(46(36)40)48(43)49;50-49(51)41-24-10-9-19-33(41)32-25-26-38-44-35(32)21-12-23-37(44)47-42(28-13-3-1-4-14-28)40-27-39-31-18-8-7-17-30(31)34-20-11-22-36(45(34)39)46(40)43(48(38)47)29-15-5-2-6-16-29;1-4-10-16(11-5-1)19(17-12-6-2-7-13-17)18-14-8-3-9-15-18;/h1-24,26-27H,25H2;1-27H;1-15H;1H4. The molecule has 0 atom stereocenters. The zero-order chi connectivity index (χ0) is 78.5. The summed E-state index contributed by atoms with van der Waals surface area (Å²) in [4.78, 5) is 12.0. The van der Waals surface area contributed by atoms with E-state index < -0.39 is 7.92 Å². The van der Waals surface area contributed by atoms with Gasteiger partial charge in [-0.1, -0.05) is 390 Å². The van der Waals surface area contributed by atoms with Gasteiger partial charge in [-0.15, -0.1) is 0 Å². The fourth-order valence-corrected chi connectivity index (χ4v) is 23.3. The number of nitro benzene ring substituents is 1. The third-order valence-electron chi connectivity index (χ3n) is 25.6. The van der Waals surface area contributed by atoms with Gasteiger partial charge in [-0.3, -0.25) is 10.1 Å². The van der Waals surface area contributed by atoms with Gasteiger partial charge in [-0.25, -0.2) is 0 Å². The summed E-state index contributed by atoms with van der Waals surface area (Å²) in [6.45, 7) is 0. The molecule has 0 aliphatic heterocycles. The Labute approximate surface area is 694 Å².